The number of benzene rings is 1. The first-order valence-electron chi connectivity index (χ1n) is 5.53. The molecule has 1 heterocycles. The van der Waals surface area contributed by atoms with Crippen LogP contribution in [0.3, 0.4) is 0 Å². The summed E-state index contributed by atoms with van der Waals surface area (Å²) in [5.41, 5.74) is 7.06. The van der Waals surface area contributed by atoms with E-state index in [1.165, 1.54) is 6.42 Å². The van der Waals surface area contributed by atoms with Crippen molar-refractivity contribution in [1.29, 1.82) is 0 Å². The molecular formula is C12H13Cl2NO. The molecule has 1 fully saturated rings. The second kappa shape index (κ2) is 3.52. The van der Waals surface area contributed by atoms with Crippen LogP contribution in [0.2, 0.25) is 10.0 Å². The minimum atomic E-state index is -0.0517. The maximum Gasteiger partial charge on any atom is 0.143 e. The molecule has 0 saturated heterocycles. The normalized spacial score (nSPS) is 25.8. The molecule has 1 atom stereocenters. The maximum absolute atomic E-state index is 6.17. The first-order chi connectivity index (χ1) is 7.60. The fourth-order valence-corrected chi connectivity index (χ4v) is 3.16. The third kappa shape index (κ3) is 1.52. The molecule has 0 amide bonds. The molecular weight excluding hydrogens is 245 g/mol. The highest BCUT2D eigenvalue weighted by Gasteiger charge is 2.45. The number of rotatable bonds is 0. The van der Waals surface area contributed by atoms with Crippen molar-refractivity contribution in [2.75, 3.05) is 0 Å². The van der Waals surface area contributed by atoms with Crippen LogP contribution in [0.4, 0.5) is 0 Å². The summed E-state index contributed by atoms with van der Waals surface area (Å²) in [6.45, 7) is 0. The Morgan fingerprint density at radius 2 is 2.06 bits per heavy atom. The number of halogens is 2. The molecule has 1 aliphatic carbocycles. The lowest BCUT2D eigenvalue weighted by Crippen LogP contribution is -2.48. The highest BCUT2D eigenvalue weighted by Crippen LogP contribution is 2.50. The topological polar surface area (TPSA) is 35.2 Å². The molecule has 2 nitrogen and oxygen atoms in total. The Hall–Kier alpha value is -0.440. The average Bonchev–Trinajstić information content (AvgIpc) is 2.17. The van der Waals surface area contributed by atoms with Gasteiger partial charge >= 0.3 is 0 Å². The number of nitrogens with two attached hydrogens (primary N) is 1. The van der Waals surface area contributed by atoms with Crippen molar-refractivity contribution in [1.82, 2.24) is 0 Å². The zero-order valence-corrected chi connectivity index (χ0v) is 10.3. The smallest absolute Gasteiger partial charge is 0.143 e. The first kappa shape index (κ1) is 10.7. The minimum Gasteiger partial charge on any atom is -0.485 e. The van der Waals surface area contributed by atoms with Crippen LogP contribution in [-0.4, -0.2) is 5.60 Å². The SMILES string of the molecule is N[C@@H]1CC2(CCC2)Oc2c(Cl)cc(Cl)cc21. The van der Waals surface area contributed by atoms with Gasteiger partial charge in [0.05, 0.1) is 5.02 Å². The van der Waals surface area contributed by atoms with Gasteiger partial charge in [0.25, 0.3) is 0 Å². The van der Waals surface area contributed by atoms with E-state index in [1.807, 2.05) is 6.07 Å². The van der Waals surface area contributed by atoms with Gasteiger partial charge in [0.2, 0.25) is 0 Å². The second-order valence-corrected chi connectivity index (χ2v) is 5.60. The van der Waals surface area contributed by atoms with Crippen molar-refractivity contribution in [3.8, 4) is 5.75 Å². The van der Waals surface area contributed by atoms with Crippen LogP contribution in [-0.2, 0) is 0 Å². The van der Waals surface area contributed by atoms with E-state index in [2.05, 4.69) is 0 Å². The van der Waals surface area contributed by atoms with Crippen LogP contribution in [0.15, 0.2) is 12.1 Å². The van der Waals surface area contributed by atoms with Gasteiger partial charge in [0.15, 0.2) is 0 Å². The lowest BCUT2D eigenvalue weighted by molar-refractivity contribution is -0.0328. The van der Waals surface area contributed by atoms with Crippen LogP contribution in [0, 0.1) is 0 Å². The van der Waals surface area contributed by atoms with E-state index in [-0.39, 0.29) is 11.6 Å². The Bertz CT molecular complexity index is 443. The largest absolute Gasteiger partial charge is 0.485 e. The lowest BCUT2D eigenvalue weighted by atomic mass is 9.73. The fourth-order valence-electron chi connectivity index (χ4n) is 2.61. The predicted octanol–water partition coefficient (Wildman–Crippen LogP) is 3.70. The third-order valence-electron chi connectivity index (χ3n) is 3.61. The van der Waals surface area contributed by atoms with Gasteiger partial charge in [0, 0.05) is 23.0 Å². The average molecular weight is 258 g/mol. The predicted molar refractivity (Wildman–Crippen MR) is 65.2 cm³/mol. The molecule has 0 bridgehead atoms. The molecule has 1 saturated carbocycles. The number of fused-ring (bicyclic) bond motifs is 1. The van der Waals surface area contributed by atoms with E-state index in [1.54, 1.807) is 6.07 Å². The van der Waals surface area contributed by atoms with Crippen LogP contribution < -0.4 is 10.5 Å². The molecule has 16 heavy (non-hydrogen) atoms. The van der Waals surface area contributed by atoms with Gasteiger partial charge in [-0.05, 0) is 31.4 Å². The van der Waals surface area contributed by atoms with Crippen molar-refractivity contribution in [3.63, 3.8) is 0 Å². The molecule has 4 heteroatoms. The van der Waals surface area contributed by atoms with Gasteiger partial charge in [-0.25, -0.2) is 0 Å². The highest BCUT2D eigenvalue weighted by atomic mass is 35.5. The lowest BCUT2D eigenvalue weighted by Gasteiger charge is -2.47. The van der Waals surface area contributed by atoms with E-state index < -0.39 is 0 Å². The summed E-state index contributed by atoms with van der Waals surface area (Å²) >= 11 is 12.1. The Labute approximate surface area is 105 Å². The van der Waals surface area contributed by atoms with Crippen LogP contribution >= 0.6 is 23.2 Å². The Kier molecular flexibility index (Phi) is 2.36. The van der Waals surface area contributed by atoms with Crippen LogP contribution in [0.25, 0.3) is 0 Å². The summed E-state index contributed by atoms with van der Waals surface area (Å²) < 4.78 is 6.04. The van der Waals surface area contributed by atoms with E-state index >= 15 is 0 Å². The summed E-state index contributed by atoms with van der Waals surface area (Å²) in [7, 11) is 0. The molecule has 1 aromatic carbocycles. The van der Waals surface area contributed by atoms with Gasteiger partial charge in [-0.2, -0.15) is 0 Å². The quantitative estimate of drug-likeness (QED) is 0.770. The van der Waals surface area contributed by atoms with Crippen LogP contribution in [0.1, 0.15) is 37.3 Å². The highest BCUT2D eigenvalue weighted by molar-refractivity contribution is 6.35. The molecule has 86 valence electrons. The Balaban J connectivity index is 2.07. The molecule has 0 aromatic heterocycles. The zero-order valence-electron chi connectivity index (χ0n) is 8.80. The van der Waals surface area contributed by atoms with Crippen molar-refractivity contribution in [2.24, 2.45) is 5.73 Å². The molecule has 1 spiro atoms. The Morgan fingerprint density at radius 1 is 1.31 bits per heavy atom. The molecule has 1 aliphatic heterocycles. The van der Waals surface area contributed by atoms with Crippen molar-refractivity contribution >= 4 is 23.2 Å². The fraction of sp³-hybridized carbons (Fsp3) is 0.500. The molecule has 2 aliphatic rings. The molecule has 0 unspecified atom stereocenters. The maximum atomic E-state index is 6.17. The van der Waals surface area contributed by atoms with Crippen molar-refractivity contribution in [2.45, 2.75) is 37.3 Å². The zero-order chi connectivity index (χ0) is 11.3. The first-order valence-corrected chi connectivity index (χ1v) is 6.29. The summed E-state index contributed by atoms with van der Waals surface area (Å²) in [6, 6.07) is 3.56. The summed E-state index contributed by atoms with van der Waals surface area (Å²) in [6.07, 6.45) is 4.25. The second-order valence-electron chi connectivity index (χ2n) is 4.76. The van der Waals surface area contributed by atoms with Gasteiger partial charge in [-0.1, -0.05) is 23.2 Å². The monoisotopic (exact) mass is 257 g/mol. The van der Waals surface area contributed by atoms with Crippen molar-refractivity contribution in [3.05, 3.63) is 27.7 Å². The molecule has 1 aromatic rings. The van der Waals surface area contributed by atoms with Gasteiger partial charge in [0.1, 0.15) is 11.4 Å². The van der Waals surface area contributed by atoms with E-state index in [9.17, 15) is 0 Å². The van der Waals surface area contributed by atoms with E-state index in [4.69, 9.17) is 33.7 Å². The number of hydrogen-bond donors (Lipinski definition) is 1. The summed E-state index contributed by atoms with van der Waals surface area (Å²) in [5.74, 6) is 0.740. The Morgan fingerprint density at radius 3 is 2.69 bits per heavy atom. The van der Waals surface area contributed by atoms with E-state index in [0.717, 1.165) is 30.6 Å². The molecule has 3 rings (SSSR count). The molecule has 2 N–H and O–H groups in total. The van der Waals surface area contributed by atoms with Gasteiger partial charge < -0.3 is 10.5 Å². The van der Waals surface area contributed by atoms with Crippen LogP contribution in [0.5, 0.6) is 5.75 Å². The van der Waals surface area contributed by atoms with E-state index in [0.29, 0.717) is 10.0 Å². The summed E-state index contributed by atoms with van der Waals surface area (Å²) in [4.78, 5) is 0. The van der Waals surface area contributed by atoms with Crippen molar-refractivity contribution < 1.29 is 4.74 Å². The number of ether oxygens (including phenoxy) is 1. The van der Waals surface area contributed by atoms with Gasteiger partial charge in [-0.3, -0.25) is 0 Å². The molecule has 0 radical (unpaired) electrons. The summed E-state index contributed by atoms with van der Waals surface area (Å²) in [5, 5.41) is 1.19. The number of hydrogen-bond acceptors (Lipinski definition) is 2. The standard InChI is InChI=1S/C12H13Cl2NO/c13-7-4-8-10(15)6-12(2-1-3-12)16-11(8)9(14)5-7/h4-5,10H,1-3,6,15H2/t10-/m1/s1. The van der Waals surface area contributed by atoms with Gasteiger partial charge in [-0.15, -0.1) is 0 Å². The third-order valence-corrected chi connectivity index (χ3v) is 4.11. The minimum absolute atomic E-state index is 0.0137.